The van der Waals surface area contributed by atoms with Gasteiger partial charge in [-0.25, -0.2) is 0 Å². The molecule has 0 aromatic carbocycles. The summed E-state index contributed by atoms with van der Waals surface area (Å²) in [6.45, 7) is 2.13. The quantitative estimate of drug-likeness (QED) is 0.584. The molecule has 3 heteroatoms. The highest BCUT2D eigenvalue weighted by atomic mass is 15.4. The molecule has 1 heterocycles. The predicted octanol–water partition coefficient (Wildman–Crippen LogP) is 0.768. The van der Waals surface area contributed by atoms with E-state index in [0.717, 1.165) is 18.5 Å². The summed E-state index contributed by atoms with van der Waals surface area (Å²) in [5, 5.41) is 8.05. The zero-order chi connectivity index (χ0) is 6.69. The van der Waals surface area contributed by atoms with E-state index in [1.54, 1.807) is 4.80 Å². The highest BCUT2D eigenvalue weighted by Crippen LogP contribution is 1.93. The summed E-state index contributed by atoms with van der Waals surface area (Å²) in [5.74, 6) is 0. The Kier molecular flexibility index (Phi) is 1.82. The van der Waals surface area contributed by atoms with Gasteiger partial charge in [0.2, 0.25) is 0 Å². The second kappa shape index (κ2) is 2.62. The Balaban J connectivity index is 2.61. The normalized spacial score (nSPS) is 10.0. The van der Waals surface area contributed by atoms with Gasteiger partial charge in [-0.05, 0) is 6.42 Å². The van der Waals surface area contributed by atoms with Crippen molar-refractivity contribution in [3.05, 3.63) is 11.9 Å². The summed E-state index contributed by atoms with van der Waals surface area (Å²) in [6, 6.07) is 0. The molecule has 0 spiro atoms. The molecule has 0 unspecified atom stereocenters. The van der Waals surface area contributed by atoms with Gasteiger partial charge in [0.25, 0.3) is 0 Å². The third-order valence-electron chi connectivity index (χ3n) is 1.15. The van der Waals surface area contributed by atoms with Crippen LogP contribution in [0.25, 0.3) is 0 Å². The van der Waals surface area contributed by atoms with E-state index in [4.69, 9.17) is 0 Å². The Morgan fingerprint density at radius 2 is 2.44 bits per heavy atom. The molecular formula is C6H11N3. The maximum atomic E-state index is 4.11. The van der Waals surface area contributed by atoms with Crippen LogP contribution in [0.2, 0.25) is 0 Å². The van der Waals surface area contributed by atoms with Crippen LogP contribution in [-0.2, 0) is 13.5 Å². The van der Waals surface area contributed by atoms with Crippen LogP contribution in [0.15, 0.2) is 6.20 Å². The number of hydrogen-bond donors (Lipinski definition) is 0. The summed E-state index contributed by atoms with van der Waals surface area (Å²) in [5.41, 5.74) is 1.08. The molecule has 0 amide bonds. The van der Waals surface area contributed by atoms with Crippen molar-refractivity contribution in [3.8, 4) is 0 Å². The van der Waals surface area contributed by atoms with Crippen molar-refractivity contribution in [3.63, 3.8) is 0 Å². The van der Waals surface area contributed by atoms with Crippen molar-refractivity contribution in [2.75, 3.05) is 0 Å². The molecule has 0 radical (unpaired) electrons. The molecule has 0 aliphatic carbocycles. The van der Waals surface area contributed by atoms with E-state index in [0.29, 0.717) is 0 Å². The van der Waals surface area contributed by atoms with Crippen molar-refractivity contribution in [2.45, 2.75) is 19.8 Å². The van der Waals surface area contributed by atoms with Gasteiger partial charge in [0.05, 0.1) is 11.9 Å². The van der Waals surface area contributed by atoms with Gasteiger partial charge in [0.15, 0.2) is 0 Å². The second-order valence-electron chi connectivity index (χ2n) is 2.08. The maximum Gasteiger partial charge on any atom is 0.0827 e. The molecule has 0 saturated heterocycles. The molecule has 0 N–H and O–H groups in total. The molecule has 0 aliphatic rings. The van der Waals surface area contributed by atoms with Gasteiger partial charge >= 0.3 is 0 Å². The Hall–Kier alpha value is -0.860. The molecule has 3 nitrogen and oxygen atoms in total. The Morgan fingerprint density at radius 1 is 1.67 bits per heavy atom. The van der Waals surface area contributed by atoms with Crippen LogP contribution in [0, 0.1) is 0 Å². The van der Waals surface area contributed by atoms with Gasteiger partial charge in [0.1, 0.15) is 0 Å². The highest BCUT2D eigenvalue weighted by Gasteiger charge is 1.93. The van der Waals surface area contributed by atoms with Gasteiger partial charge in [-0.15, -0.1) is 0 Å². The van der Waals surface area contributed by atoms with Crippen LogP contribution in [-0.4, -0.2) is 15.0 Å². The van der Waals surface area contributed by atoms with Crippen molar-refractivity contribution in [1.29, 1.82) is 0 Å². The molecule has 0 aliphatic heterocycles. The van der Waals surface area contributed by atoms with E-state index in [2.05, 4.69) is 17.1 Å². The summed E-state index contributed by atoms with van der Waals surface area (Å²) < 4.78 is 0. The van der Waals surface area contributed by atoms with E-state index in [9.17, 15) is 0 Å². The lowest BCUT2D eigenvalue weighted by molar-refractivity contribution is 0.643. The van der Waals surface area contributed by atoms with E-state index >= 15 is 0 Å². The van der Waals surface area contributed by atoms with Crippen LogP contribution in [0.5, 0.6) is 0 Å². The molecule has 0 saturated carbocycles. The van der Waals surface area contributed by atoms with E-state index in [1.165, 1.54) is 0 Å². The van der Waals surface area contributed by atoms with Crippen LogP contribution < -0.4 is 0 Å². The molecule has 50 valence electrons. The van der Waals surface area contributed by atoms with Crippen LogP contribution in [0.3, 0.4) is 0 Å². The summed E-state index contributed by atoms with van der Waals surface area (Å²) in [7, 11) is 1.83. The van der Waals surface area contributed by atoms with Gasteiger partial charge in [-0.2, -0.15) is 15.0 Å². The summed E-state index contributed by atoms with van der Waals surface area (Å²) >= 11 is 0. The van der Waals surface area contributed by atoms with E-state index in [-0.39, 0.29) is 0 Å². The molecule has 9 heavy (non-hydrogen) atoms. The van der Waals surface area contributed by atoms with Crippen LogP contribution in [0.4, 0.5) is 0 Å². The fraction of sp³-hybridized carbons (Fsp3) is 0.667. The maximum absolute atomic E-state index is 4.11. The van der Waals surface area contributed by atoms with Gasteiger partial charge < -0.3 is 0 Å². The fourth-order valence-electron chi connectivity index (χ4n) is 0.758. The Bertz CT molecular complexity index is 180. The molecule has 1 rings (SSSR count). The first-order valence-electron chi connectivity index (χ1n) is 3.18. The lowest BCUT2D eigenvalue weighted by Crippen LogP contribution is -1.92. The summed E-state index contributed by atoms with van der Waals surface area (Å²) in [6.07, 6.45) is 3.98. The van der Waals surface area contributed by atoms with Crippen molar-refractivity contribution >= 4 is 0 Å². The van der Waals surface area contributed by atoms with Crippen molar-refractivity contribution in [2.24, 2.45) is 7.05 Å². The first-order chi connectivity index (χ1) is 4.33. The van der Waals surface area contributed by atoms with E-state index in [1.807, 2.05) is 13.2 Å². The average Bonchev–Trinajstić information content (AvgIpc) is 2.17. The zero-order valence-corrected chi connectivity index (χ0v) is 5.83. The van der Waals surface area contributed by atoms with Gasteiger partial charge in [-0.1, -0.05) is 13.3 Å². The van der Waals surface area contributed by atoms with Crippen LogP contribution in [0.1, 0.15) is 19.0 Å². The third-order valence-corrected chi connectivity index (χ3v) is 1.15. The van der Waals surface area contributed by atoms with Crippen molar-refractivity contribution < 1.29 is 0 Å². The number of aromatic nitrogens is 3. The van der Waals surface area contributed by atoms with Crippen molar-refractivity contribution in [1.82, 2.24) is 15.0 Å². The minimum atomic E-state index is 1.04. The SMILES string of the molecule is CCCc1cnn(C)n1. The average molecular weight is 125 g/mol. The molecule has 1 aromatic heterocycles. The molecule has 0 atom stereocenters. The topological polar surface area (TPSA) is 30.7 Å². The van der Waals surface area contributed by atoms with Gasteiger partial charge in [-0.3, -0.25) is 0 Å². The lowest BCUT2D eigenvalue weighted by atomic mass is 10.3. The number of hydrogen-bond acceptors (Lipinski definition) is 2. The molecule has 0 bridgehead atoms. The smallest absolute Gasteiger partial charge is 0.0827 e. The largest absolute Gasteiger partial charge is 0.188 e. The minimum absolute atomic E-state index is 1.04. The minimum Gasteiger partial charge on any atom is -0.188 e. The van der Waals surface area contributed by atoms with Gasteiger partial charge in [0, 0.05) is 7.05 Å². The predicted molar refractivity (Wildman–Crippen MR) is 35.0 cm³/mol. The molecule has 0 fully saturated rings. The Morgan fingerprint density at radius 3 is 2.89 bits per heavy atom. The monoisotopic (exact) mass is 125 g/mol. The first-order valence-corrected chi connectivity index (χ1v) is 3.18. The number of aryl methyl sites for hydroxylation is 2. The second-order valence-corrected chi connectivity index (χ2v) is 2.08. The Labute approximate surface area is 54.7 Å². The standard InChI is InChI=1S/C6H11N3/c1-3-4-6-5-7-9(2)8-6/h5H,3-4H2,1-2H3. The summed E-state index contributed by atoms with van der Waals surface area (Å²) in [4.78, 5) is 1.59. The lowest BCUT2D eigenvalue weighted by Gasteiger charge is -1.85. The van der Waals surface area contributed by atoms with Crippen LogP contribution >= 0.6 is 0 Å². The third kappa shape index (κ3) is 1.52. The first kappa shape index (κ1) is 6.26. The number of rotatable bonds is 2. The molecular weight excluding hydrogens is 114 g/mol. The molecule has 1 aromatic rings. The highest BCUT2D eigenvalue weighted by molar-refractivity contribution is 4.90. The zero-order valence-electron chi connectivity index (χ0n) is 5.83. The number of nitrogens with zero attached hydrogens (tertiary/aromatic N) is 3. The van der Waals surface area contributed by atoms with E-state index < -0.39 is 0 Å². The fourth-order valence-corrected chi connectivity index (χ4v) is 0.758.